The summed E-state index contributed by atoms with van der Waals surface area (Å²) < 4.78 is 30.7. The Hall–Kier alpha value is 0.434. The molecule has 0 N–H and O–H groups in total. The molecule has 0 aliphatic heterocycles. The SMILES string of the molecule is CCCCCCCCCCCCCC[O][Ti](=[O])([CH2]CCCCCCCCCCCCC)([CH2]CCCCCCCCCCCCC)[O]CCCCCCCCCCCCCC. The third kappa shape index (κ3) is 43.7. The summed E-state index contributed by atoms with van der Waals surface area (Å²) in [5.74, 6) is 0. The van der Waals surface area contributed by atoms with Crippen LogP contribution in [0.2, 0.25) is 9.45 Å². The van der Waals surface area contributed by atoms with Crippen molar-refractivity contribution in [1.29, 1.82) is 0 Å². The predicted molar refractivity (Wildman–Crippen MR) is 267 cm³/mol. The van der Waals surface area contributed by atoms with Gasteiger partial charge in [-0.3, -0.25) is 0 Å². The Bertz CT molecular complexity index is 789. The van der Waals surface area contributed by atoms with Gasteiger partial charge >= 0.3 is 318 Å². The third-order valence-corrected chi connectivity index (χ3v) is 20.6. The minimum absolute atomic E-state index is 0.646. The molecule has 0 aliphatic carbocycles. The molecular weight excluding hydrogens is 768 g/mol. The van der Waals surface area contributed by atoms with Crippen molar-refractivity contribution in [2.45, 2.75) is 345 Å². The van der Waals surface area contributed by atoms with Crippen LogP contribution in [0.15, 0.2) is 0 Å². The Kier molecular flexibility index (Phi) is 49.2. The van der Waals surface area contributed by atoms with Crippen molar-refractivity contribution in [2.75, 3.05) is 13.2 Å². The first-order chi connectivity index (χ1) is 29.5. The van der Waals surface area contributed by atoms with E-state index in [4.69, 9.17) is 6.64 Å². The monoisotopic (exact) mass is 885 g/mol. The van der Waals surface area contributed by atoms with E-state index in [0.29, 0.717) is 22.7 Å². The first-order valence-corrected chi connectivity index (χ1v) is 32.8. The van der Waals surface area contributed by atoms with Crippen LogP contribution in [0.5, 0.6) is 0 Å². The average Bonchev–Trinajstić information content (AvgIpc) is 3.25. The molecule has 0 aromatic heterocycles. The third-order valence-electron chi connectivity index (χ3n) is 13.9. The van der Waals surface area contributed by atoms with Gasteiger partial charge in [0.1, 0.15) is 0 Å². The number of rotatable bonds is 54. The fourth-order valence-electron chi connectivity index (χ4n) is 9.56. The number of unbranched alkanes of at least 4 members (excludes halogenated alkanes) is 44. The zero-order valence-corrected chi connectivity index (χ0v) is 44.1. The Labute approximate surface area is 382 Å². The Balaban J connectivity index is 5.08. The quantitative estimate of drug-likeness (QED) is 0.0451. The summed E-state index contributed by atoms with van der Waals surface area (Å²) in [7, 11) is 0. The maximum absolute atomic E-state index is 15.6. The molecule has 0 saturated carbocycles. The smallest absolute Gasteiger partial charge is 0.0654 e. The summed E-state index contributed by atoms with van der Waals surface area (Å²) in [5, 5.41) is 0. The molecule has 0 heterocycles. The van der Waals surface area contributed by atoms with Crippen molar-refractivity contribution >= 4 is 0 Å². The fourth-order valence-corrected chi connectivity index (χ4v) is 15.8. The minimum atomic E-state index is -4.82. The first kappa shape index (κ1) is 60.4. The van der Waals surface area contributed by atoms with Crippen LogP contribution < -0.4 is 0 Å². The molecule has 0 amide bonds. The Morgan fingerprint density at radius 1 is 0.217 bits per heavy atom. The van der Waals surface area contributed by atoms with Gasteiger partial charge < -0.3 is 0 Å². The molecule has 0 unspecified atom stereocenters. The van der Waals surface area contributed by atoms with Gasteiger partial charge in [-0.1, -0.05) is 66.2 Å². The molecule has 0 rings (SSSR count). The van der Waals surface area contributed by atoms with Crippen molar-refractivity contribution in [1.82, 2.24) is 0 Å². The summed E-state index contributed by atoms with van der Waals surface area (Å²) in [4.78, 5) is 0. The van der Waals surface area contributed by atoms with Gasteiger partial charge in [-0.15, -0.1) is 0 Å². The van der Waals surface area contributed by atoms with E-state index in [-0.39, 0.29) is 0 Å². The molecule has 0 aromatic carbocycles. The van der Waals surface area contributed by atoms with Crippen molar-refractivity contribution in [2.24, 2.45) is 0 Å². The molecule has 0 aromatic rings. The van der Waals surface area contributed by atoms with Gasteiger partial charge in [-0.25, -0.2) is 0 Å². The molecule has 0 spiro atoms. The zero-order chi connectivity index (χ0) is 43.6. The van der Waals surface area contributed by atoms with Gasteiger partial charge in [0.15, 0.2) is 0 Å². The van der Waals surface area contributed by atoms with Crippen LogP contribution in [0.3, 0.4) is 0 Å². The van der Waals surface area contributed by atoms with Crippen LogP contribution in [0.1, 0.15) is 336 Å². The Morgan fingerprint density at radius 2 is 0.367 bits per heavy atom. The van der Waals surface area contributed by atoms with E-state index in [0.717, 1.165) is 25.7 Å². The number of hydrogen-bond donors (Lipinski definition) is 0. The second kappa shape index (κ2) is 48.9. The summed E-state index contributed by atoms with van der Waals surface area (Å²) in [6.45, 7) is 10.5. The fraction of sp³-hybridized carbons (Fsp3) is 1.00. The molecule has 362 valence electrons. The molecule has 0 fully saturated rings. The topological polar surface area (TPSA) is 35.5 Å². The summed E-state index contributed by atoms with van der Waals surface area (Å²) >= 11 is -4.82. The predicted octanol–water partition coefficient (Wildman–Crippen LogP) is 21.5. The normalized spacial score (nSPS) is 12.3. The van der Waals surface area contributed by atoms with Crippen molar-refractivity contribution in [3.8, 4) is 0 Å². The van der Waals surface area contributed by atoms with E-state index < -0.39 is 16.1 Å². The van der Waals surface area contributed by atoms with E-state index >= 15 is 3.32 Å². The summed E-state index contributed by atoms with van der Waals surface area (Å²) in [5.41, 5.74) is 0. The molecule has 3 nitrogen and oxygen atoms in total. The number of hydrogen-bond acceptors (Lipinski definition) is 3. The van der Waals surface area contributed by atoms with Crippen molar-refractivity contribution < 1.29 is 26.0 Å². The molecule has 4 heteroatoms. The summed E-state index contributed by atoms with van der Waals surface area (Å²) in [6.07, 6.45) is 64.0. The van der Waals surface area contributed by atoms with E-state index in [1.165, 1.54) is 283 Å². The van der Waals surface area contributed by atoms with E-state index in [1.54, 1.807) is 0 Å². The van der Waals surface area contributed by atoms with Crippen LogP contribution in [-0.2, 0) is 26.0 Å². The van der Waals surface area contributed by atoms with Crippen LogP contribution in [-0.4, -0.2) is 13.2 Å². The van der Waals surface area contributed by atoms with Crippen LogP contribution in [0.25, 0.3) is 0 Å². The zero-order valence-electron chi connectivity index (χ0n) is 42.5. The van der Waals surface area contributed by atoms with E-state index in [1.807, 2.05) is 0 Å². The standard InChI is InChI=1S/2C14H29O.2C14H29.O.Ti/c2*1-2-3-4-5-6-7-8-9-10-11-12-13-14-15;2*1-3-5-7-9-11-13-14-12-10-8-6-4-2;;/h2*2-14H2,1H3;2*1,3-14H2,2H3;;/q2*-1;;;;+2. The second-order valence-electron chi connectivity index (χ2n) is 20.1. The molecular formula is C56H116O3Ti. The maximum atomic E-state index is 15.6. The van der Waals surface area contributed by atoms with Gasteiger partial charge in [-0.05, 0) is 0 Å². The van der Waals surface area contributed by atoms with Gasteiger partial charge in [0, 0.05) is 0 Å². The van der Waals surface area contributed by atoms with Crippen molar-refractivity contribution in [3.63, 3.8) is 0 Å². The van der Waals surface area contributed by atoms with Crippen molar-refractivity contribution in [3.05, 3.63) is 0 Å². The molecule has 0 bridgehead atoms. The second-order valence-corrected chi connectivity index (χ2v) is 26.8. The minimum Gasteiger partial charge on any atom is -0.0654 e. The molecule has 60 heavy (non-hydrogen) atoms. The average molecular weight is 885 g/mol. The molecule has 0 saturated heterocycles. The van der Waals surface area contributed by atoms with E-state index in [2.05, 4.69) is 27.7 Å². The Morgan fingerprint density at radius 3 is 0.550 bits per heavy atom. The van der Waals surface area contributed by atoms with Gasteiger partial charge in [0.25, 0.3) is 0 Å². The van der Waals surface area contributed by atoms with Gasteiger partial charge in [0.2, 0.25) is 0 Å². The van der Waals surface area contributed by atoms with Crippen LogP contribution in [0.4, 0.5) is 0 Å². The van der Waals surface area contributed by atoms with Crippen LogP contribution >= 0.6 is 0 Å². The first-order valence-electron chi connectivity index (χ1n) is 28.7. The molecule has 0 radical (unpaired) electrons. The summed E-state index contributed by atoms with van der Waals surface area (Å²) in [6, 6.07) is 0. The van der Waals surface area contributed by atoms with Gasteiger partial charge in [-0.2, -0.15) is 0 Å². The molecule has 0 atom stereocenters. The van der Waals surface area contributed by atoms with Crippen LogP contribution in [0, 0.1) is 0 Å². The molecule has 0 aliphatic rings. The van der Waals surface area contributed by atoms with E-state index in [9.17, 15) is 0 Å². The van der Waals surface area contributed by atoms with Gasteiger partial charge in [0.05, 0.1) is 0 Å².